The number of halogens is 1. The number of likely N-dealkylation sites (tertiary alicyclic amines) is 1. The van der Waals surface area contributed by atoms with Crippen LogP contribution in [0.3, 0.4) is 0 Å². The van der Waals surface area contributed by atoms with Gasteiger partial charge in [-0.1, -0.05) is 30.3 Å². The van der Waals surface area contributed by atoms with E-state index in [-0.39, 0.29) is 11.9 Å². The van der Waals surface area contributed by atoms with Crippen LogP contribution in [0.25, 0.3) is 0 Å². The van der Waals surface area contributed by atoms with E-state index in [2.05, 4.69) is 21.2 Å². The topological polar surface area (TPSA) is 58.6 Å². The van der Waals surface area contributed by atoms with Crippen molar-refractivity contribution in [2.75, 3.05) is 13.1 Å². The van der Waals surface area contributed by atoms with Gasteiger partial charge in [-0.05, 0) is 53.0 Å². The zero-order valence-electron chi connectivity index (χ0n) is 13.7. The summed E-state index contributed by atoms with van der Waals surface area (Å²) in [6.07, 6.45) is 0.960. The highest BCUT2D eigenvalue weighted by molar-refractivity contribution is 9.10. The maximum absolute atomic E-state index is 12.6. The molecule has 1 aliphatic rings. The first-order chi connectivity index (χ1) is 12.1. The largest absolute Gasteiger partial charge is 0.412 e. The molecule has 130 valence electrons. The molecule has 0 saturated carbocycles. The van der Waals surface area contributed by atoms with Crippen LogP contribution in [0.2, 0.25) is 0 Å². The molecule has 0 aliphatic carbocycles. The number of ether oxygens (including phenoxy) is 1. The van der Waals surface area contributed by atoms with Crippen molar-refractivity contribution in [2.24, 2.45) is 0 Å². The van der Waals surface area contributed by atoms with Gasteiger partial charge < -0.3 is 15.0 Å². The van der Waals surface area contributed by atoms with E-state index in [1.54, 1.807) is 12.1 Å². The second kappa shape index (κ2) is 8.16. The molecular weight excluding hydrogens is 384 g/mol. The van der Waals surface area contributed by atoms with Crippen LogP contribution < -0.4 is 10.1 Å². The van der Waals surface area contributed by atoms with E-state index in [4.69, 9.17) is 4.74 Å². The van der Waals surface area contributed by atoms with E-state index < -0.39 is 6.09 Å². The Morgan fingerprint density at radius 1 is 1.00 bits per heavy atom. The van der Waals surface area contributed by atoms with Gasteiger partial charge in [0.25, 0.3) is 5.91 Å². The average molecular weight is 403 g/mol. The summed E-state index contributed by atoms with van der Waals surface area (Å²) in [6.45, 7) is 1.22. The Bertz CT molecular complexity index is 743. The molecule has 6 heteroatoms. The van der Waals surface area contributed by atoms with E-state index in [0.29, 0.717) is 37.2 Å². The third-order valence-corrected chi connectivity index (χ3v) is 4.85. The highest BCUT2D eigenvalue weighted by atomic mass is 79.9. The molecule has 1 N–H and O–H groups in total. The zero-order chi connectivity index (χ0) is 17.6. The zero-order valence-corrected chi connectivity index (χ0v) is 15.2. The van der Waals surface area contributed by atoms with Crippen LogP contribution in [-0.2, 0) is 0 Å². The van der Waals surface area contributed by atoms with Gasteiger partial charge in [-0.3, -0.25) is 4.79 Å². The number of nitrogens with zero attached hydrogens (tertiary/aromatic N) is 1. The van der Waals surface area contributed by atoms with Crippen LogP contribution in [0.4, 0.5) is 4.79 Å². The fourth-order valence-corrected chi connectivity index (χ4v) is 3.28. The van der Waals surface area contributed by atoms with E-state index >= 15 is 0 Å². The minimum atomic E-state index is -0.457. The number of piperidine rings is 1. The molecule has 1 aliphatic heterocycles. The summed E-state index contributed by atoms with van der Waals surface area (Å²) in [6, 6.07) is 16.4. The Labute approximate surface area is 155 Å². The van der Waals surface area contributed by atoms with Crippen LogP contribution in [0, 0.1) is 0 Å². The Balaban J connectivity index is 1.49. The SMILES string of the molecule is O=C(NC1CCN(C(=O)c2ccccc2Br)CC1)Oc1ccccc1. The fourth-order valence-electron chi connectivity index (χ4n) is 2.82. The van der Waals surface area contributed by atoms with E-state index in [9.17, 15) is 9.59 Å². The van der Waals surface area contributed by atoms with Gasteiger partial charge >= 0.3 is 6.09 Å². The summed E-state index contributed by atoms with van der Waals surface area (Å²) >= 11 is 3.42. The summed E-state index contributed by atoms with van der Waals surface area (Å²) in [5.74, 6) is 0.527. The quantitative estimate of drug-likeness (QED) is 0.847. The average Bonchev–Trinajstić information content (AvgIpc) is 2.63. The summed E-state index contributed by atoms with van der Waals surface area (Å²) in [7, 11) is 0. The summed E-state index contributed by atoms with van der Waals surface area (Å²) in [5.41, 5.74) is 0.664. The molecule has 0 atom stereocenters. The third kappa shape index (κ3) is 4.60. The second-order valence-corrected chi connectivity index (χ2v) is 6.75. The number of carbonyl (C=O) groups excluding carboxylic acids is 2. The lowest BCUT2D eigenvalue weighted by Crippen LogP contribution is -2.47. The van der Waals surface area contributed by atoms with Crippen molar-refractivity contribution in [3.63, 3.8) is 0 Å². The number of carbonyl (C=O) groups is 2. The van der Waals surface area contributed by atoms with Gasteiger partial charge in [0.2, 0.25) is 0 Å². The van der Waals surface area contributed by atoms with Gasteiger partial charge in [0.15, 0.2) is 0 Å². The fraction of sp³-hybridized carbons (Fsp3) is 0.263. The van der Waals surface area contributed by atoms with Crippen molar-refractivity contribution >= 4 is 27.9 Å². The lowest BCUT2D eigenvalue weighted by atomic mass is 10.0. The Morgan fingerprint density at radius 3 is 2.32 bits per heavy atom. The van der Waals surface area contributed by atoms with Crippen molar-refractivity contribution in [1.29, 1.82) is 0 Å². The summed E-state index contributed by atoms with van der Waals surface area (Å²) in [5, 5.41) is 2.87. The van der Waals surface area contributed by atoms with Crippen LogP contribution in [0.15, 0.2) is 59.1 Å². The lowest BCUT2D eigenvalue weighted by molar-refractivity contribution is 0.0705. The van der Waals surface area contributed by atoms with Crippen molar-refractivity contribution in [1.82, 2.24) is 10.2 Å². The molecule has 0 bridgehead atoms. The second-order valence-electron chi connectivity index (χ2n) is 5.89. The van der Waals surface area contributed by atoms with E-state index in [1.807, 2.05) is 47.4 Å². The molecule has 3 rings (SSSR count). The minimum absolute atomic E-state index is 0.0118. The molecule has 25 heavy (non-hydrogen) atoms. The molecule has 5 nitrogen and oxygen atoms in total. The number of para-hydroxylation sites is 1. The highest BCUT2D eigenvalue weighted by Gasteiger charge is 2.25. The van der Waals surface area contributed by atoms with E-state index in [0.717, 1.165) is 4.47 Å². The van der Waals surface area contributed by atoms with Crippen molar-refractivity contribution in [3.8, 4) is 5.75 Å². The first kappa shape index (κ1) is 17.5. The predicted octanol–water partition coefficient (Wildman–Crippen LogP) is 3.84. The third-order valence-electron chi connectivity index (χ3n) is 4.16. The summed E-state index contributed by atoms with van der Waals surface area (Å²) in [4.78, 5) is 26.3. The van der Waals surface area contributed by atoms with Crippen LogP contribution in [-0.4, -0.2) is 36.0 Å². The first-order valence-corrected chi connectivity index (χ1v) is 9.00. The van der Waals surface area contributed by atoms with Gasteiger partial charge in [-0.25, -0.2) is 4.79 Å². The maximum atomic E-state index is 12.6. The number of benzene rings is 2. The molecule has 0 radical (unpaired) electrons. The number of hydrogen-bond donors (Lipinski definition) is 1. The monoisotopic (exact) mass is 402 g/mol. The molecule has 1 saturated heterocycles. The Kier molecular flexibility index (Phi) is 5.71. The number of nitrogens with one attached hydrogen (secondary N) is 1. The predicted molar refractivity (Wildman–Crippen MR) is 98.7 cm³/mol. The first-order valence-electron chi connectivity index (χ1n) is 8.20. The molecule has 2 aromatic rings. The molecular formula is C19H19BrN2O3. The number of hydrogen-bond acceptors (Lipinski definition) is 3. The molecule has 0 spiro atoms. The van der Waals surface area contributed by atoms with Gasteiger partial charge in [0.1, 0.15) is 5.75 Å². The molecule has 0 unspecified atom stereocenters. The van der Waals surface area contributed by atoms with Gasteiger partial charge in [-0.15, -0.1) is 0 Å². The Hall–Kier alpha value is -2.34. The van der Waals surface area contributed by atoms with E-state index in [1.165, 1.54) is 0 Å². The normalized spacial score (nSPS) is 14.8. The van der Waals surface area contributed by atoms with Crippen LogP contribution >= 0.6 is 15.9 Å². The van der Waals surface area contributed by atoms with Crippen molar-refractivity contribution in [2.45, 2.75) is 18.9 Å². The van der Waals surface area contributed by atoms with Crippen LogP contribution in [0.1, 0.15) is 23.2 Å². The van der Waals surface area contributed by atoms with Gasteiger partial charge in [0, 0.05) is 23.6 Å². The number of amides is 2. The van der Waals surface area contributed by atoms with Gasteiger partial charge in [0.05, 0.1) is 5.56 Å². The molecule has 1 heterocycles. The smallest absolute Gasteiger partial charge is 0.410 e. The summed E-state index contributed by atoms with van der Waals surface area (Å²) < 4.78 is 6.04. The molecule has 2 aromatic carbocycles. The molecule has 1 fully saturated rings. The maximum Gasteiger partial charge on any atom is 0.412 e. The minimum Gasteiger partial charge on any atom is -0.410 e. The highest BCUT2D eigenvalue weighted by Crippen LogP contribution is 2.20. The number of rotatable bonds is 3. The van der Waals surface area contributed by atoms with Crippen molar-refractivity contribution in [3.05, 3.63) is 64.6 Å². The van der Waals surface area contributed by atoms with Crippen molar-refractivity contribution < 1.29 is 14.3 Å². The van der Waals surface area contributed by atoms with Gasteiger partial charge in [-0.2, -0.15) is 0 Å². The van der Waals surface area contributed by atoms with Crippen LogP contribution in [0.5, 0.6) is 5.75 Å². The standard InChI is InChI=1S/C19H19BrN2O3/c20-17-9-5-4-8-16(17)18(23)22-12-10-14(11-13-22)21-19(24)25-15-6-2-1-3-7-15/h1-9,14H,10-13H2,(H,21,24). The molecule has 0 aromatic heterocycles. The Morgan fingerprint density at radius 2 is 1.64 bits per heavy atom. The lowest BCUT2D eigenvalue weighted by Gasteiger charge is -2.32. The molecule has 2 amide bonds.